The summed E-state index contributed by atoms with van der Waals surface area (Å²) >= 11 is 0. The van der Waals surface area contributed by atoms with E-state index in [1.165, 1.54) is 6.26 Å². The highest BCUT2D eigenvalue weighted by molar-refractivity contribution is 6.05. The molecule has 4 rings (SSSR count). The summed E-state index contributed by atoms with van der Waals surface area (Å²) in [5, 5.41) is 13.1. The first-order chi connectivity index (χ1) is 17.6. The standard InChI is InChI=1S/C30H32N4O3/c1-6-10-22(15-20(2)3)29-33-26(19-37-29)28(35)32-25-18-34-17-23(13-14-30(4,5)36)31-27(34)16-24(25)21-11-8-7-9-12-21/h6-12,15-19,36H,2,13-14H2,1,3-5H3,(H,32,35)/b10-6-,22-15+. The molecule has 3 aromatic heterocycles. The maximum Gasteiger partial charge on any atom is 0.277 e. The molecule has 1 amide bonds. The van der Waals surface area contributed by atoms with Crippen LogP contribution in [0, 0.1) is 0 Å². The molecule has 4 aromatic rings. The molecule has 0 aliphatic rings. The number of nitrogens with zero attached hydrogens (tertiary/aromatic N) is 3. The number of aromatic nitrogens is 3. The van der Waals surface area contributed by atoms with Gasteiger partial charge in [-0.3, -0.25) is 4.79 Å². The summed E-state index contributed by atoms with van der Waals surface area (Å²) in [4.78, 5) is 22.4. The van der Waals surface area contributed by atoms with Gasteiger partial charge in [0.15, 0.2) is 5.69 Å². The van der Waals surface area contributed by atoms with E-state index in [0.717, 1.165) is 33.6 Å². The Bertz CT molecular complexity index is 1480. The number of amides is 1. The van der Waals surface area contributed by atoms with Gasteiger partial charge in [-0.1, -0.05) is 54.6 Å². The number of aliphatic hydroxyl groups is 1. The number of carbonyl (C=O) groups excluding carboxylic acids is 1. The predicted molar refractivity (Wildman–Crippen MR) is 147 cm³/mol. The lowest BCUT2D eigenvalue weighted by Crippen LogP contribution is -2.19. The highest BCUT2D eigenvalue weighted by atomic mass is 16.3. The van der Waals surface area contributed by atoms with Crippen molar-refractivity contribution in [3.63, 3.8) is 0 Å². The molecule has 3 heterocycles. The first-order valence-electron chi connectivity index (χ1n) is 12.2. The minimum atomic E-state index is -0.771. The number of oxazole rings is 1. The SMILES string of the molecule is C=C(C)/C=C(\C=C/C)c1nc(C(=O)Nc2cn3cc(CCC(C)(C)O)nc3cc2-c2ccccc2)co1. The largest absolute Gasteiger partial charge is 0.444 e. The molecule has 0 saturated heterocycles. The van der Waals surface area contributed by atoms with Crippen LogP contribution in [0.4, 0.5) is 5.69 Å². The lowest BCUT2D eigenvalue weighted by atomic mass is 10.0. The second-order valence-corrected chi connectivity index (χ2v) is 9.72. The Morgan fingerprint density at radius 1 is 1.22 bits per heavy atom. The van der Waals surface area contributed by atoms with Gasteiger partial charge in [-0.25, -0.2) is 9.97 Å². The predicted octanol–water partition coefficient (Wildman–Crippen LogP) is 6.48. The van der Waals surface area contributed by atoms with Crippen molar-refractivity contribution in [1.29, 1.82) is 0 Å². The van der Waals surface area contributed by atoms with E-state index < -0.39 is 5.60 Å². The minimum absolute atomic E-state index is 0.169. The van der Waals surface area contributed by atoms with Crippen LogP contribution in [0.15, 0.2) is 89.9 Å². The van der Waals surface area contributed by atoms with Crippen LogP contribution in [-0.2, 0) is 6.42 Å². The van der Waals surface area contributed by atoms with Gasteiger partial charge in [-0.15, -0.1) is 0 Å². The summed E-state index contributed by atoms with van der Waals surface area (Å²) in [5.74, 6) is -0.0416. The van der Waals surface area contributed by atoms with Crippen molar-refractivity contribution in [2.45, 2.75) is 46.1 Å². The van der Waals surface area contributed by atoms with Crippen molar-refractivity contribution in [3.8, 4) is 11.1 Å². The number of benzene rings is 1. The fourth-order valence-corrected chi connectivity index (χ4v) is 3.92. The number of hydrogen-bond donors (Lipinski definition) is 2. The Morgan fingerprint density at radius 3 is 2.65 bits per heavy atom. The number of anilines is 1. The molecule has 0 aliphatic carbocycles. The molecule has 0 fully saturated rings. The summed E-state index contributed by atoms with van der Waals surface area (Å²) in [6.07, 6.45) is 11.9. The first-order valence-corrected chi connectivity index (χ1v) is 12.2. The number of pyridine rings is 1. The van der Waals surface area contributed by atoms with Crippen molar-refractivity contribution in [1.82, 2.24) is 14.4 Å². The van der Waals surface area contributed by atoms with Gasteiger partial charge in [0.1, 0.15) is 11.9 Å². The zero-order chi connectivity index (χ0) is 26.6. The number of imidazole rings is 1. The maximum absolute atomic E-state index is 13.2. The van der Waals surface area contributed by atoms with Crippen LogP contribution in [0.1, 0.15) is 56.2 Å². The smallest absolute Gasteiger partial charge is 0.277 e. The average molecular weight is 497 g/mol. The minimum Gasteiger partial charge on any atom is -0.444 e. The highest BCUT2D eigenvalue weighted by Crippen LogP contribution is 2.30. The van der Waals surface area contributed by atoms with Crippen LogP contribution < -0.4 is 5.32 Å². The van der Waals surface area contributed by atoms with Gasteiger partial charge < -0.3 is 19.2 Å². The van der Waals surface area contributed by atoms with E-state index >= 15 is 0 Å². The van der Waals surface area contributed by atoms with E-state index in [1.54, 1.807) is 13.8 Å². The molecule has 0 radical (unpaired) electrons. The Labute approximate surface area is 216 Å². The molecular weight excluding hydrogens is 464 g/mol. The second-order valence-electron chi connectivity index (χ2n) is 9.72. The second kappa shape index (κ2) is 10.8. The fourth-order valence-electron chi connectivity index (χ4n) is 3.92. The van der Waals surface area contributed by atoms with Gasteiger partial charge in [0.25, 0.3) is 5.91 Å². The first kappa shape index (κ1) is 25.9. The van der Waals surface area contributed by atoms with E-state index in [2.05, 4.69) is 16.9 Å². The van der Waals surface area contributed by atoms with Crippen molar-refractivity contribution in [2.24, 2.45) is 0 Å². The van der Waals surface area contributed by atoms with Crippen LogP contribution in [0.2, 0.25) is 0 Å². The molecule has 0 aliphatic heterocycles. The van der Waals surface area contributed by atoms with Crippen LogP contribution in [0.5, 0.6) is 0 Å². The van der Waals surface area contributed by atoms with Crippen molar-refractivity contribution in [2.75, 3.05) is 5.32 Å². The van der Waals surface area contributed by atoms with E-state index in [1.807, 2.05) is 85.3 Å². The third kappa shape index (κ3) is 6.51. The summed E-state index contributed by atoms with van der Waals surface area (Å²) in [7, 11) is 0. The number of allylic oxidation sites excluding steroid dienone is 5. The lowest BCUT2D eigenvalue weighted by molar-refractivity contribution is 0.0711. The Morgan fingerprint density at radius 2 is 1.97 bits per heavy atom. The van der Waals surface area contributed by atoms with E-state index in [9.17, 15) is 9.90 Å². The molecule has 190 valence electrons. The zero-order valence-electron chi connectivity index (χ0n) is 21.7. The van der Waals surface area contributed by atoms with Crippen LogP contribution in [0.25, 0.3) is 22.3 Å². The van der Waals surface area contributed by atoms with Gasteiger partial charge in [-0.2, -0.15) is 0 Å². The number of carbonyl (C=O) groups is 1. The van der Waals surface area contributed by atoms with Crippen LogP contribution >= 0.6 is 0 Å². The Hall–Kier alpha value is -4.23. The number of rotatable bonds is 9. The summed E-state index contributed by atoms with van der Waals surface area (Å²) in [5.41, 5.74) is 5.00. The zero-order valence-corrected chi connectivity index (χ0v) is 21.7. The molecule has 0 spiro atoms. The van der Waals surface area contributed by atoms with Gasteiger partial charge >= 0.3 is 0 Å². The number of hydrogen-bond acceptors (Lipinski definition) is 5. The molecule has 1 aromatic carbocycles. The number of fused-ring (bicyclic) bond motifs is 1. The van der Waals surface area contributed by atoms with Gasteiger partial charge in [0, 0.05) is 23.5 Å². The molecule has 0 saturated carbocycles. The van der Waals surface area contributed by atoms with E-state index in [4.69, 9.17) is 9.40 Å². The number of aryl methyl sites for hydroxylation is 1. The third-order valence-electron chi connectivity index (χ3n) is 5.70. The quantitative estimate of drug-likeness (QED) is 0.259. The summed E-state index contributed by atoms with van der Waals surface area (Å²) < 4.78 is 7.50. The third-order valence-corrected chi connectivity index (χ3v) is 5.70. The summed E-state index contributed by atoms with van der Waals surface area (Å²) in [6.45, 7) is 11.3. The topological polar surface area (TPSA) is 92.7 Å². The van der Waals surface area contributed by atoms with Crippen molar-refractivity contribution in [3.05, 3.63) is 103 Å². The van der Waals surface area contributed by atoms with E-state index in [0.29, 0.717) is 24.4 Å². The lowest BCUT2D eigenvalue weighted by Gasteiger charge is -2.15. The van der Waals surface area contributed by atoms with Crippen LogP contribution in [-0.4, -0.2) is 31.0 Å². The molecule has 0 unspecified atom stereocenters. The van der Waals surface area contributed by atoms with Crippen LogP contribution in [0.3, 0.4) is 0 Å². The normalized spacial score (nSPS) is 12.4. The fraction of sp³-hybridized carbons (Fsp3) is 0.233. The number of nitrogens with one attached hydrogen (secondary N) is 1. The van der Waals surface area contributed by atoms with Crippen molar-refractivity contribution >= 4 is 22.8 Å². The summed E-state index contributed by atoms with van der Waals surface area (Å²) in [6, 6.07) is 11.8. The Balaban J connectivity index is 1.68. The molecule has 0 atom stereocenters. The molecule has 37 heavy (non-hydrogen) atoms. The molecule has 2 N–H and O–H groups in total. The average Bonchev–Trinajstić information content (AvgIpc) is 3.49. The van der Waals surface area contributed by atoms with E-state index in [-0.39, 0.29) is 11.6 Å². The molecule has 7 nitrogen and oxygen atoms in total. The molecule has 0 bridgehead atoms. The maximum atomic E-state index is 13.2. The van der Waals surface area contributed by atoms with Crippen molar-refractivity contribution < 1.29 is 14.3 Å². The Kier molecular flexibility index (Phi) is 7.55. The van der Waals surface area contributed by atoms with Gasteiger partial charge in [0.2, 0.25) is 5.89 Å². The van der Waals surface area contributed by atoms with Gasteiger partial charge in [-0.05, 0) is 58.2 Å². The van der Waals surface area contributed by atoms with Gasteiger partial charge in [0.05, 0.1) is 17.0 Å². The molecular formula is C30H32N4O3. The monoisotopic (exact) mass is 496 g/mol. The molecule has 7 heteroatoms. The highest BCUT2D eigenvalue weighted by Gasteiger charge is 2.18.